The molecule has 0 aliphatic carbocycles. The van der Waals surface area contributed by atoms with Gasteiger partial charge < -0.3 is 42.0 Å². The topological polar surface area (TPSA) is 303 Å². The van der Waals surface area contributed by atoms with E-state index in [-0.39, 0.29) is 65.9 Å². The maximum absolute atomic E-state index is 13.0. The van der Waals surface area contributed by atoms with Crippen LogP contribution in [0.15, 0.2) is 41.7 Å². The number of aromatic nitrogens is 4. The number of benzene rings is 1. The third-order valence-electron chi connectivity index (χ3n) is 8.49. The summed E-state index contributed by atoms with van der Waals surface area (Å²) in [5.41, 5.74) is 13.6. The second kappa shape index (κ2) is 16.5. The number of β-lactam (4-membered cyclic amide) rings is 1. The number of nitrogen functional groups attached to an aromatic ring is 2. The molecule has 1 fully saturated rings. The number of fused-ring (bicyclic) bond motifs is 2. The van der Waals surface area contributed by atoms with Crippen molar-refractivity contribution < 1.29 is 48.5 Å². The molecule has 3 amide bonds. The summed E-state index contributed by atoms with van der Waals surface area (Å²) in [5.74, 6) is -6.67. The molecule has 2 aliphatic heterocycles. The van der Waals surface area contributed by atoms with Crippen LogP contribution in [0.3, 0.4) is 0 Å². The highest BCUT2D eigenvalue weighted by Crippen LogP contribution is 2.40. The van der Waals surface area contributed by atoms with Gasteiger partial charge in [-0.2, -0.15) is 9.97 Å². The molecule has 0 saturated carbocycles. The first-order chi connectivity index (χ1) is 25.6. The first kappa shape index (κ1) is 38.8. The summed E-state index contributed by atoms with van der Waals surface area (Å²) in [4.78, 5) is 105. The Morgan fingerprint density at radius 1 is 1.07 bits per heavy atom. The molecule has 2 aliphatic rings. The van der Waals surface area contributed by atoms with Crippen molar-refractivity contribution in [1.82, 2.24) is 35.5 Å². The van der Waals surface area contributed by atoms with Crippen molar-refractivity contribution in [3.05, 3.63) is 53.0 Å². The van der Waals surface area contributed by atoms with E-state index in [2.05, 4.69) is 30.6 Å². The molecule has 0 spiro atoms. The van der Waals surface area contributed by atoms with Gasteiger partial charge in [0.1, 0.15) is 23.7 Å². The molecular formula is C33H36N10O10S. The lowest BCUT2D eigenvalue weighted by Gasteiger charge is -2.49. The maximum Gasteiger partial charge on any atom is 0.352 e. The molecule has 20 nitrogen and oxygen atoms in total. The maximum atomic E-state index is 13.0. The lowest BCUT2D eigenvalue weighted by molar-refractivity contribution is -0.151. The number of aliphatic carboxylic acids is 2. The Balaban J connectivity index is 1.07. The molecule has 4 heterocycles. The van der Waals surface area contributed by atoms with Gasteiger partial charge in [-0.25, -0.2) is 14.8 Å². The lowest BCUT2D eigenvalue weighted by atomic mass is 9.94. The molecule has 54 heavy (non-hydrogen) atoms. The molecule has 0 unspecified atom stereocenters. The van der Waals surface area contributed by atoms with Gasteiger partial charge in [0.2, 0.25) is 17.8 Å². The van der Waals surface area contributed by atoms with Crippen LogP contribution in [0.1, 0.15) is 42.2 Å². The van der Waals surface area contributed by atoms with Crippen molar-refractivity contribution in [2.45, 2.75) is 44.1 Å². The molecule has 3 aromatic rings. The van der Waals surface area contributed by atoms with E-state index in [0.29, 0.717) is 17.8 Å². The van der Waals surface area contributed by atoms with E-state index < -0.39 is 65.3 Å². The standard InChI is InChI=1S/C33H36N10O10S/c1-15(44)53-13-18-14-54-30-25(29(48)43(30)26(18)32(51)52)39-23(47)11-36-22(46)8-5-17(31(49)50)9-21(45)16-3-6-20(7-4-16)42(2)12-19-10-37-28-24(38-19)27(34)40-33(35)41-28/h3-4,6-7,10,17,25,30H,5,8-9,11-14H2,1-2H3,(H,36,46)(H,39,47)(H,49,50)(H,51,52)(H4,34,35,37,40,41)/t17-,25-,30-/m1/s1. The Morgan fingerprint density at radius 3 is 2.46 bits per heavy atom. The largest absolute Gasteiger partial charge is 0.481 e. The van der Waals surface area contributed by atoms with Gasteiger partial charge in [-0.3, -0.25) is 33.7 Å². The molecular weight excluding hydrogens is 728 g/mol. The molecule has 21 heteroatoms. The minimum absolute atomic E-state index is 0.0118. The lowest BCUT2D eigenvalue weighted by Crippen LogP contribution is -2.71. The summed E-state index contributed by atoms with van der Waals surface area (Å²) in [6.45, 7) is 0.683. The first-order valence-corrected chi connectivity index (χ1v) is 17.4. The van der Waals surface area contributed by atoms with E-state index in [1.54, 1.807) is 31.3 Å². The van der Waals surface area contributed by atoms with Gasteiger partial charge in [-0.05, 0) is 30.7 Å². The van der Waals surface area contributed by atoms with Crippen LogP contribution in [0, 0.1) is 5.92 Å². The summed E-state index contributed by atoms with van der Waals surface area (Å²) in [7, 11) is 1.80. The number of Topliss-reactive ketones (excluding diaryl/α,β-unsaturated/α-hetero) is 1. The fourth-order valence-electron chi connectivity index (χ4n) is 5.73. The minimum atomic E-state index is -1.38. The summed E-state index contributed by atoms with van der Waals surface area (Å²) >= 11 is 1.18. The smallest absolute Gasteiger partial charge is 0.352 e. The van der Waals surface area contributed by atoms with Crippen LogP contribution < -0.4 is 27.0 Å². The molecule has 2 aromatic heterocycles. The number of rotatable bonds is 16. The predicted octanol–water partition coefficient (Wildman–Crippen LogP) is -0.308. The van der Waals surface area contributed by atoms with Crippen LogP contribution in [-0.4, -0.2) is 114 Å². The monoisotopic (exact) mass is 764 g/mol. The highest BCUT2D eigenvalue weighted by atomic mass is 32.2. The molecule has 3 atom stereocenters. The fraction of sp³-hybridized carbons (Fsp3) is 0.364. The van der Waals surface area contributed by atoms with E-state index in [0.717, 1.165) is 10.6 Å². The molecule has 1 saturated heterocycles. The van der Waals surface area contributed by atoms with Crippen molar-refractivity contribution in [3.8, 4) is 0 Å². The zero-order valence-corrected chi connectivity index (χ0v) is 29.8. The van der Waals surface area contributed by atoms with Crippen molar-refractivity contribution in [3.63, 3.8) is 0 Å². The number of carbonyl (C=O) groups excluding carboxylic acids is 5. The summed E-state index contributed by atoms with van der Waals surface area (Å²) < 4.78 is 4.89. The number of amides is 3. The van der Waals surface area contributed by atoms with E-state index in [1.165, 1.54) is 24.9 Å². The van der Waals surface area contributed by atoms with Gasteiger partial charge in [0.05, 0.1) is 30.9 Å². The van der Waals surface area contributed by atoms with Crippen LogP contribution in [0.25, 0.3) is 11.2 Å². The number of esters is 1. The number of ether oxygens (including phenoxy) is 1. The van der Waals surface area contributed by atoms with Gasteiger partial charge >= 0.3 is 17.9 Å². The number of hydrogen-bond donors (Lipinski definition) is 6. The van der Waals surface area contributed by atoms with E-state index in [9.17, 15) is 43.8 Å². The molecule has 0 radical (unpaired) electrons. The molecule has 1 aromatic carbocycles. The number of carbonyl (C=O) groups is 7. The highest BCUT2D eigenvalue weighted by Gasteiger charge is 2.54. The normalized spacial score (nSPS) is 16.9. The quantitative estimate of drug-likeness (QED) is 0.0619. The molecule has 5 rings (SSSR count). The summed E-state index contributed by atoms with van der Waals surface area (Å²) in [6.07, 6.45) is 0.692. The average Bonchev–Trinajstić information content (AvgIpc) is 3.13. The first-order valence-electron chi connectivity index (χ1n) is 16.3. The second-order valence-electron chi connectivity index (χ2n) is 12.4. The van der Waals surface area contributed by atoms with Crippen LogP contribution in [0.2, 0.25) is 0 Å². The third kappa shape index (κ3) is 8.97. The minimum Gasteiger partial charge on any atom is -0.481 e. The fourth-order valence-corrected chi connectivity index (χ4v) is 7.06. The number of hydrogen-bond acceptors (Lipinski definition) is 16. The Kier molecular flexibility index (Phi) is 11.9. The Bertz CT molecular complexity index is 2060. The zero-order valence-electron chi connectivity index (χ0n) is 29.0. The number of carboxylic acid groups (broad SMARTS) is 2. The number of nitrogens with one attached hydrogen (secondary N) is 2. The van der Waals surface area contributed by atoms with Gasteiger partial charge in [0.15, 0.2) is 22.8 Å². The van der Waals surface area contributed by atoms with Crippen LogP contribution in [-0.2, 0) is 40.0 Å². The van der Waals surface area contributed by atoms with Crippen molar-refractivity contribution in [2.24, 2.45) is 5.92 Å². The zero-order chi connectivity index (χ0) is 39.3. The Morgan fingerprint density at radius 2 is 1.80 bits per heavy atom. The van der Waals surface area contributed by atoms with Crippen molar-refractivity contribution in [1.29, 1.82) is 0 Å². The second-order valence-corrected chi connectivity index (χ2v) is 13.5. The van der Waals surface area contributed by atoms with Gasteiger partial charge in [0, 0.05) is 49.4 Å². The Hall–Kier alpha value is -6.38. The SMILES string of the molecule is CC(=O)OCC1=C(C(=O)O)N2C(=O)[C@@H](NC(=O)CNC(=O)CC[C@H](CC(=O)c3ccc(N(C)Cc4cnc5nc(N)nc(N)c5n4)cc3)C(=O)O)[C@H]2SC1. The Labute approximate surface area is 310 Å². The van der Waals surface area contributed by atoms with E-state index in [4.69, 9.17) is 16.2 Å². The number of nitrogens with two attached hydrogens (primary N) is 2. The van der Waals surface area contributed by atoms with E-state index >= 15 is 0 Å². The summed E-state index contributed by atoms with van der Waals surface area (Å²) in [5, 5.41) is 23.5. The number of carboxylic acids is 2. The van der Waals surface area contributed by atoms with Crippen molar-refractivity contribution in [2.75, 3.05) is 42.3 Å². The third-order valence-corrected chi connectivity index (χ3v) is 9.83. The van der Waals surface area contributed by atoms with E-state index in [1.807, 2.05) is 4.90 Å². The van der Waals surface area contributed by atoms with Crippen LogP contribution >= 0.6 is 11.8 Å². The molecule has 284 valence electrons. The van der Waals surface area contributed by atoms with Gasteiger partial charge in [-0.15, -0.1) is 11.8 Å². The number of anilines is 3. The van der Waals surface area contributed by atoms with Gasteiger partial charge in [-0.1, -0.05) is 0 Å². The van der Waals surface area contributed by atoms with Gasteiger partial charge in [0.25, 0.3) is 5.91 Å². The molecule has 0 bridgehead atoms. The number of thioether (sulfide) groups is 1. The highest BCUT2D eigenvalue weighted by molar-refractivity contribution is 8.00. The van der Waals surface area contributed by atoms with Crippen LogP contribution in [0.5, 0.6) is 0 Å². The number of nitrogens with zero attached hydrogens (tertiary/aromatic N) is 6. The van der Waals surface area contributed by atoms with Crippen LogP contribution in [0.4, 0.5) is 17.5 Å². The van der Waals surface area contributed by atoms with Crippen molar-refractivity contribution >= 4 is 81.8 Å². The number of ketones is 1. The molecule has 8 N–H and O–H groups in total. The summed E-state index contributed by atoms with van der Waals surface area (Å²) in [6, 6.07) is 5.48. The predicted molar refractivity (Wildman–Crippen MR) is 191 cm³/mol. The average molecular weight is 765 g/mol.